The highest BCUT2D eigenvalue weighted by Crippen LogP contribution is 2.44. The number of nitrogens with zero attached hydrogens (tertiary/aromatic N) is 3. The van der Waals surface area contributed by atoms with Gasteiger partial charge in [-0.15, -0.1) is 0 Å². The summed E-state index contributed by atoms with van der Waals surface area (Å²) in [6, 6.07) is 3.28. The van der Waals surface area contributed by atoms with Gasteiger partial charge in [0.25, 0.3) is 0 Å². The SMILES string of the molecule is Cc1ncnc2c1ccn2[C@@H]1O[C@H]([C@H](O)c2cc(F)cc(C(F)(F)F)c2)[C@@](C)(O)[C@H]1O. The van der Waals surface area contributed by atoms with Crippen LogP contribution < -0.4 is 0 Å². The van der Waals surface area contributed by atoms with Gasteiger partial charge in [0.2, 0.25) is 0 Å². The molecule has 1 aliphatic rings. The first-order valence-electron chi connectivity index (χ1n) is 9.31. The topological polar surface area (TPSA) is 101 Å². The minimum absolute atomic E-state index is 0.301. The van der Waals surface area contributed by atoms with Crippen molar-refractivity contribution in [1.29, 1.82) is 0 Å². The third-order valence-corrected chi connectivity index (χ3v) is 5.59. The average molecular weight is 441 g/mol. The molecule has 2 aromatic heterocycles. The first-order valence-corrected chi connectivity index (χ1v) is 9.31. The summed E-state index contributed by atoms with van der Waals surface area (Å²) in [5.41, 5.74) is -2.75. The van der Waals surface area contributed by atoms with E-state index in [9.17, 15) is 32.9 Å². The molecule has 3 aromatic rings. The van der Waals surface area contributed by atoms with Gasteiger partial charge >= 0.3 is 6.18 Å². The second-order valence-corrected chi connectivity index (χ2v) is 7.75. The zero-order chi connectivity index (χ0) is 22.7. The van der Waals surface area contributed by atoms with Gasteiger partial charge in [-0.05, 0) is 43.7 Å². The van der Waals surface area contributed by atoms with Crippen LogP contribution in [0.1, 0.15) is 36.1 Å². The highest BCUT2D eigenvalue weighted by Gasteiger charge is 2.56. The van der Waals surface area contributed by atoms with Gasteiger partial charge in [0.1, 0.15) is 41.7 Å². The fourth-order valence-electron chi connectivity index (χ4n) is 3.86. The predicted octanol–water partition coefficient (Wildman–Crippen LogP) is 2.64. The van der Waals surface area contributed by atoms with E-state index in [1.165, 1.54) is 17.8 Å². The van der Waals surface area contributed by atoms with Crippen LogP contribution in [0.25, 0.3) is 11.0 Å². The van der Waals surface area contributed by atoms with E-state index in [1.807, 2.05) is 0 Å². The minimum atomic E-state index is -4.83. The first kappa shape index (κ1) is 21.6. The Balaban J connectivity index is 1.71. The van der Waals surface area contributed by atoms with E-state index in [0.717, 1.165) is 6.07 Å². The standard InChI is InChI=1S/C20H19F4N3O4/c1-9-13-3-4-27(17(13)26-8-25-9)18-15(29)19(2,30)16(31-18)14(28)10-5-11(20(22,23)24)7-12(21)6-10/h3-8,14-16,18,28-30H,1-2H3/t14-,15+,16-,18-,19+/m1/s1. The zero-order valence-corrected chi connectivity index (χ0v) is 16.4. The third kappa shape index (κ3) is 3.57. The summed E-state index contributed by atoms with van der Waals surface area (Å²) in [4.78, 5) is 8.22. The van der Waals surface area contributed by atoms with Crippen molar-refractivity contribution in [3.63, 3.8) is 0 Å². The fourth-order valence-corrected chi connectivity index (χ4v) is 3.86. The molecule has 3 heterocycles. The normalized spacial score (nSPS) is 27.7. The van der Waals surface area contributed by atoms with Gasteiger partial charge in [-0.1, -0.05) is 0 Å². The quantitative estimate of drug-likeness (QED) is 0.541. The van der Waals surface area contributed by atoms with Gasteiger partial charge < -0.3 is 24.6 Å². The molecular weight excluding hydrogens is 422 g/mol. The second kappa shape index (κ2) is 7.23. The highest BCUT2D eigenvalue weighted by atomic mass is 19.4. The van der Waals surface area contributed by atoms with Crippen LogP contribution in [-0.4, -0.2) is 47.7 Å². The maximum absolute atomic E-state index is 13.8. The van der Waals surface area contributed by atoms with Crippen molar-refractivity contribution in [2.45, 2.75) is 50.2 Å². The molecule has 31 heavy (non-hydrogen) atoms. The van der Waals surface area contributed by atoms with Crippen molar-refractivity contribution in [3.05, 3.63) is 59.4 Å². The summed E-state index contributed by atoms with van der Waals surface area (Å²) in [5.74, 6) is -1.21. The Morgan fingerprint density at radius 3 is 2.61 bits per heavy atom. The van der Waals surface area contributed by atoms with Gasteiger partial charge in [0, 0.05) is 11.6 Å². The van der Waals surface area contributed by atoms with Crippen molar-refractivity contribution >= 4 is 11.0 Å². The van der Waals surface area contributed by atoms with Crippen molar-refractivity contribution in [2.75, 3.05) is 0 Å². The van der Waals surface area contributed by atoms with E-state index < -0.39 is 53.3 Å². The Morgan fingerprint density at radius 2 is 1.94 bits per heavy atom. The number of hydrogen-bond acceptors (Lipinski definition) is 6. The monoisotopic (exact) mass is 441 g/mol. The molecule has 0 radical (unpaired) electrons. The minimum Gasteiger partial charge on any atom is -0.386 e. The van der Waals surface area contributed by atoms with E-state index in [4.69, 9.17) is 4.74 Å². The number of aliphatic hydroxyl groups is 3. The lowest BCUT2D eigenvalue weighted by atomic mass is 9.88. The molecule has 0 saturated carbocycles. The van der Waals surface area contributed by atoms with E-state index in [-0.39, 0.29) is 0 Å². The number of aliphatic hydroxyl groups excluding tert-OH is 2. The van der Waals surface area contributed by atoms with Crippen LogP contribution in [0.3, 0.4) is 0 Å². The molecule has 0 bridgehead atoms. The summed E-state index contributed by atoms with van der Waals surface area (Å²) in [6.45, 7) is 2.94. The van der Waals surface area contributed by atoms with Crippen LogP contribution in [-0.2, 0) is 10.9 Å². The van der Waals surface area contributed by atoms with Gasteiger partial charge in [-0.3, -0.25) is 0 Å². The molecular formula is C20H19F4N3O4. The fraction of sp³-hybridized carbons (Fsp3) is 0.400. The van der Waals surface area contributed by atoms with E-state index >= 15 is 0 Å². The van der Waals surface area contributed by atoms with Crippen molar-refractivity contribution in [3.8, 4) is 0 Å². The predicted molar refractivity (Wildman–Crippen MR) is 99.2 cm³/mol. The number of rotatable bonds is 3. The first-order chi connectivity index (χ1) is 14.4. The number of aromatic nitrogens is 3. The van der Waals surface area contributed by atoms with Crippen molar-refractivity contribution < 1.29 is 37.6 Å². The third-order valence-electron chi connectivity index (χ3n) is 5.59. The Kier molecular flexibility index (Phi) is 5.04. The summed E-state index contributed by atoms with van der Waals surface area (Å²) in [7, 11) is 0. The van der Waals surface area contributed by atoms with Crippen LogP contribution in [0.2, 0.25) is 0 Å². The van der Waals surface area contributed by atoms with Crippen molar-refractivity contribution in [1.82, 2.24) is 14.5 Å². The van der Waals surface area contributed by atoms with Gasteiger partial charge in [-0.2, -0.15) is 13.2 Å². The molecule has 0 aliphatic carbocycles. The molecule has 1 saturated heterocycles. The Labute approximate surface area is 173 Å². The summed E-state index contributed by atoms with van der Waals surface area (Å²) < 4.78 is 60.1. The number of alkyl halides is 3. The molecule has 0 amide bonds. The second-order valence-electron chi connectivity index (χ2n) is 7.75. The Morgan fingerprint density at radius 1 is 1.23 bits per heavy atom. The lowest BCUT2D eigenvalue weighted by molar-refractivity contribution is -0.138. The van der Waals surface area contributed by atoms with Gasteiger partial charge in [0.15, 0.2) is 6.23 Å². The molecule has 1 fully saturated rings. The number of fused-ring (bicyclic) bond motifs is 1. The number of hydrogen-bond donors (Lipinski definition) is 3. The highest BCUT2D eigenvalue weighted by molar-refractivity contribution is 5.78. The van der Waals surface area contributed by atoms with Crippen molar-refractivity contribution in [2.24, 2.45) is 0 Å². The molecule has 166 valence electrons. The van der Waals surface area contributed by atoms with E-state index in [1.54, 1.807) is 19.2 Å². The summed E-state index contributed by atoms with van der Waals surface area (Å²) in [5, 5.41) is 32.9. The molecule has 0 spiro atoms. The number of benzene rings is 1. The van der Waals surface area contributed by atoms with Crippen LogP contribution in [0.4, 0.5) is 17.6 Å². The van der Waals surface area contributed by atoms with Crippen LogP contribution in [0.15, 0.2) is 36.8 Å². The lowest BCUT2D eigenvalue weighted by Gasteiger charge is -2.30. The van der Waals surface area contributed by atoms with Crippen LogP contribution in [0, 0.1) is 12.7 Å². The van der Waals surface area contributed by atoms with Crippen LogP contribution in [0.5, 0.6) is 0 Å². The Bertz CT molecular complexity index is 1130. The molecule has 4 rings (SSSR count). The summed E-state index contributed by atoms with van der Waals surface area (Å²) in [6.07, 6.45) is -8.18. The zero-order valence-electron chi connectivity index (χ0n) is 16.4. The van der Waals surface area contributed by atoms with E-state index in [2.05, 4.69) is 9.97 Å². The maximum atomic E-state index is 13.8. The smallest absolute Gasteiger partial charge is 0.386 e. The average Bonchev–Trinajstić information content (AvgIpc) is 3.20. The molecule has 1 aromatic carbocycles. The molecule has 1 aliphatic heterocycles. The number of halogens is 4. The maximum Gasteiger partial charge on any atom is 0.416 e. The molecule has 3 N–H and O–H groups in total. The number of aryl methyl sites for hydroxylation is 1. The van der Waals surface area contributed by atoms with Crippen LogP contribution >= 0.6 is 0 Å². The molecule has 7 nitrogen and oxygen atoms in total. The number of ether oxygens (including phenoxy) is 1. The van der Waals surface area contributed by atoms with Gasteiger partial charge in [0.05, 0.1) is 11.3 Å². The lowest BCUT2D eigenvalue weighted by Crippen LogP contribution is -2.47. The molecule has 11 heteroatoms. The summed E-state index contributed by atoms with van der Waals surface area (Å²) >= 11 is 0. The van der Waals surface area contributed by atoms with Gasteiger partial charge in [-0.25, -0.2) is 14.4 Å². The molecule has 0 unspecified atom stereocenters. The van der Waals surface area contributed by atoms with E-state index in [0.29, 0.717) is 28.9 Å². The molecule has 5 atom stereocenters. The Hall–Kier alpha value is -2.60. The largest absolute Gasteiger partial charge is 0.416 e.